The first-order chi connectivity index (χ1) is 17.5. The predicted molar refractivity (Wildman–Crippen MR) is 141 cm³/mol. The van der Waals surface area contributed by atoms with Crippen molar-refractivity contribution in [1.82, 2.24) is 20.4 Å². The fourth-order valence-electron chi connectivity index (χ4n) is 4.19. The number of nitrogens with one attached hydrogen (secondary N) is 2. The third kappa shape index (κ3) is 6.65. The number of aldehydes is 1. The standard InChI is InChI=1S/C26H34F2N4O4S/c1-31(2)12-18(16-9-20(35-5)19(13-32(3)4)21(10-16)36-6)24-17(14-33)11-22(37-24)25(34)30-23-7-8-29-15-26(23,27)28/h9-12,14,23,29H,7-8,13,15H2,1-6H3,(H,30,34)/b18-12-. The zero-order valence-electron chi connectivity index (χ0n) is 22.0. The summed E-state index contributed by atoms with van der Waals surface area (Å²) in [6, 6.07) is 3.89. The van der Waals surface area contributed by atoms with Gasteiger partial charge in [-0.1, -0.05) is 0 Å². The topological polar surface area (TPSA) is 83.1 Å². The number of halogens is 2. The number of ether oxygens (including phenoxy) is 2. The van der Waals surface area contributed by atoms with Gasteiger partial charge in [0.15, 0.2) is 6.29 Å². The van der Waals surface area contributed by atoms with Crippen molar-refractivity contribution in [3.8, 4) is 11.5 Å². The highest BCUT2D eigenvalue weighted by molar-refractivity contribution is 7.15. The maximum atomic E-state index is 14.3. The van der Waals surface area contributed by atoms with Crippen LogP contribution in [-0.4, -0.2) is 89.5 Å². The summed E-state index contributed by atoms with van der Waals surface area (Å²) in [6.07, 6.45) is 2.61. The summed E-state index contributed by atoms with van der Waals surface area (Å²) in [5, 5.41) is 5.11. The van der Waals surface area contributed by atoms with Crippen LogP contribution in [0, 0.1) is 0 Å². The Labute approximate surface area is 220 Å². The molecule has 1 aromatic carbocycles. The van der Waals surface area contributed by atoms with Crippen LogP contribution in [0.5, 0.6) is 11.5 Å². The Balaban J connectivity index is 2.06. The van der Waals surface area contributed by atoms with Gasteiger partial charge in [-0.05, 0) is 50.8 Å². The van der Waals surface area contributed by atoms with E-state index in [9.17, 15) is 18.4 Å². The molecule has 1 fully saturated rings. The Hall–Kier alpha value is -3.02. The first-order valence-corrected chi connectivity index (χ1v) is 12.6. The van der Waals surface area contributed by atoms with Crippen molar-refractivity contribution >= 4 is 29.1 Å². The third-order valence-electron chi connectivity index (χ3n) is 5.92. The summed E-state index contributed by atoms with van der Waals surface area (Å²) < 4.78 is 39.9. The van der Waals surface area contributed by atoms with E-state index in [0.717, 1.165) is 16.9 Å². The molecule has 0 aliphatic carbocycles. The minimum Gasteiger partial charge on any atom is -0.496 e. The summed E-state index contributed by atoms with van der Waals surface area (Å²) in [5.41, 5.74) is 2.53. The smallest absolute Gasteiger partial charge is 0.280 e. The number of thiophene rings is 1. The van der Waals surface area contributed by atoms with Crippen LogP contribution in [0.1, 0.15) is 42.5 Å². The number of alkyl halides is 2. The van der Waals surface area contributed by atoms with Crippen molar-refractivity contribution in [2.24, 2.45) is 0 Å². The van der Waals surface area contributed by atoms with Crippen LogP contribution in [0.25, 0.3) is 5.57 Å². The molecule has 2 N–H and O–H groups in total. The number of methoxy groups -OCH3 is 2. The van der Waals surface area contributed by atoms with Crippen LogP contribution >= 0.6 is 11.3 Å². The summed E-state index contributed by atoms with van der Waals surface area (Å²) in [4.78, 5) is 29.6. The van der Waals surface area contributed by atoms with Gasteiger partial charge in [-0.2, -0.15) is 0 Å². The highest BCUT2D eigenvalue weighted by Crippen LogP contribution is 2.39. The van der Waals surface area contributed by atoms with Crippen molar-refractivity contribution in [2.75, 3.05) is 55.5 Å². The molecule has 37 heavy (non-hydrogen) atoms. The van der Waals surface area contributed by atoms with Gasteiger partial charge in [0, 0.05) is 42.9 Å². The lowest BCUT2D eigenvalue weighted by molar-refractivity contribution is -0.0487. The second kappa shape index (κ2) is 12.0. The second-order valence-corrected chi connectivity index (χ2v) is 10.4. The van der Waals surface area contributed by atoms with E-state index in [2.05, 4.69) is 10.6 Å². The quantitative estimate of drug-likeness (QED) is 0.451. The van der Waals surface area contributed by atoms with Crippen molar-refractivity contribution < 1.29 is 27.8 Å². The number of hydrogen-bond donors (Lipinski definition) is 2. The fraction of sp³-hybridized carbons (Fsp3) is 0.462. The summed E-state index contributed by atoms with van der Waals surface area (Å²) in [7, 11) is 10.7. The van der Waals surface area contributed by atoms with Crippen LogP contribution in [0.3, 0.4) is 0 Å². The number of amides is 1. The maximum Gasteiger partial charge on any atom is 0.280 e. The summed E-state index contributed by atoms with van der Waals surface area (Å²) >= 11 is 1.08. The van der Waals surface area contributed by atoms with Gasteiger partial charge >= 0.3 is 0 Å². The maximum absolute atomic E-state index is 14.3. The molecule has 1 aromatic heterocycles. The molecule has 1 aliphatic rings. The molecule has 1 saturated heterocycles. The first kappa shape index (κ1) is 28.5. The molecule has 1 atom stereocenters. The zero-order valence-corrected chi connectivity index (χ0v) is 22.8. The zero-order chi connectivity index (χ0) is 27.3. The van der Waals surface area contributed by atoms with Crippen LogP contribution in [-0.2, 0) is 6.54 Å². The highest BCUT2D eigenvalue weighted by atomic mass is 32.1. The van der Waals surface area contributed by atoms with Gasteiger partial charge in [0.2, 0.25) is 0 Å². The lowest BCUT2D eigenvalue weighted by atomic mass is 9.99. The Morgan fingerprint density at radius 1 is 1.19 bits per heavy atom. The van der Waals surface area contributed by atoms with Crippen molar-refractivity contribution in [3.63, 3.8) is 0 Å². The highest BCUT2D eigenvalue weighted by Gasteiger charge is 2.42. The number of rotatable bonds is 10. The molecule has 0 saturated carbocycles. The Bertz CT molecular complexity index is 1140. The minimum atomic E-state index is -3.06. The number of piperidine rings is 1. The molecule has 3 rings (SSSR count). The lowest BCUT2D eigenvalue weighted by Gasteiger charge is -2.32. The van der Waals surface area contributed by atoms with Gasteiger partial charge in [0.25, 0.3) is 11.8 Å². The average molecular weight is 537 g/mol. The molecule has 0 spiro atoms. The normalized spacial score (nSPS) is 17.4. The van der Waals surface area contributed by atoms with Crippen LogP contribution in [0.15, 0.2) is 24.4 Å². The van der Waals surface area contributed by atoms with Gasteiger partial charge in [0.05, 0.1) is 37.2 Å². The molecule has 0 radical (unpaired) electrons. The lowest BCUT2D eigenvalue weighted by Crippen LogP contribution is -2.57. The molecular formula is C26H34F2N4O4S. The van der Waals surface area contributed by atoms with Gasteiger partial charge in [-0.25, -0.2) is 8.78 Å². The van der Waals surface area contributed by atoms with E-state index >= 15 is 0 Å². The molecule has 2 aromatic rings. The monoisotopic (exact) mass is 536 g/mol. The number of carbonyl (C=O) groups excluding carboxylic acids is 2. The van der Waals surface area contributed by atoms with Crippen molar-refractivity contribution in [3.05, 3.63) is 50.8 Å². The van der Waals surface area contributed by atoms with Crippen LogP contribution in [0.4, 0.5) is 8.78 Å². The fourth-order valence-corrected chi connectivity index (χ4v) is 5.25. The number of hydrogen-bond acceptors (Lipinski definition) is 8. The van der Waals surface area contributed by atoms with Crippen molar-refractivity contribution in [1.29, 1.82) is 0 Å². The van der Waals surface area contributed by atoms with Gasteiger partial charge in [-0.3, -0.25) is 9.59 Å². The van der Waals surface area contributed by atoms with E-state index in [1.807, 2.05) is 56.3 Å². The molecule has 1 unspecified atom stereocenters. The first-order valence-electron chi connectivity index (χ1n) is 11.8. The molecule has 8 nitrogen and oxygen atoms in total. The molecule has 1 amide bonds. The van der Waals surface area contributed by atoms with E-state index in [0.29, 0.717) is 46.9 Å². The van der Waals surface area contributed by atoms with Crippen LogP contribution < -0.4 is 20.1 Å². The molecule has 2 heterocycles. The average Bonchev–Trinajstić information content (AvgIpc) is 3.27. The third-order valence-corrected chi connectivity index (χ3v) is 7.11. The van der Waals surface area contributed by atoms with Gasteiger partial charge in [-0.15, -0.1) is 11.3 Å². The van der Waals surface area contributed by atoms with E-state index < -0.39 is 24.4 Å². The largest absolute Gasteiger partial charge is 0.496 e. The van der Waals surface area contributed by atoms with Crippen LogP contribution in [0.2, 0.25) is 0 Å². The van der Waals surface area contributed by atoms with E-state index in [4.69, 9.17) is 9.47 Å². The number of carbonyl (C=O) groups is 2. The minimum absolute atomic E-state index is 0.113. The Morgan fingerprint density at radius 2 is 1.84 bits per heavy atom. The van der Waals surface area contributed by atoms with Gasteiger partial charge < -0.3 is 29.9 Å². The molecular weight excluding hydrogens is 502 g/mol. The molecule has 202 valence electrons. The van der Waals surface area contributed by atoms with E-state index in [1.165, 1.54) is 6.07 Å². The predicted octanol–water partition coefficient (Wildman–Crippen LogP) is 3.32. The second-order valence-electron chi connectivity index (χ2n) is 9.37. The molecule has 0 bridgehead atoms. The number of nitrogens with zero attached hydrogens (tertiary/aromatic N) is 2. The Morgan fingerprint density at radius 3 is 2.35 bits per heavy atom. The Kier molecular flexibility index (Phi) is 9.27. The summed E-state index contributed by atoms with van der Waals surface area (Å²) in [5.74, 6) is -2.46. The molecule has 1 aliphatic heterocycles. The van der Waals surface area contributed by atoms with Gasteiger partial charge in [0.1, 0.15) is 11.5 Å². The van der Waals surface area contributed by atoms with Crippen molar-refractivity contribution in [2.45, 2.75) is 24.9 Å². The number of benzene rings is 1. The SMILES string of the molecule is COc1cc(/C(=C/N(C)C)c2sc(C(=O)NC3CCNCC3(F)F)cc2C=O)cc(OC)c1CN(C)C. The van der Waals surface area contributed by atoms with E-state index in [1.54, 1.807) is 14.2 Å². The molecule has 11 heteroatoms. The summed E-state index contributed by atoms with van der Waals surface area (Å²) in [6.45, 7) is 0.485. The van der Waals surface area contributed by atoms with E-state index in [-0.39, 0.29) is 16.9 Å².